The number of amides is 1. The standard InChI is InChI=1S/C20H37NO16/c1-6(25)21-7(2-22)11(27)18(8(26)3-23)37-20-17(33)15(31)13(29)10(36-20)5-34-19-16(32)14(30)12(28)9(4-24)35-19/h7-20,22-24,26-33H,2-5H2,1H3,(H,21,25)/t7-,8+,9+,10+,11+,12+,13+,14-,15-,16-,17-,18+,19-,20-/m0/s1. The molecule has 218 valence electrons. The normalized spacial score (nSPS) is 40.0. The van der Waals surface area contributed by atoms with Gasteiger partial charge in [-0.25, -0.2) is 0 Å². The van der Waals surface area contributed by atoms with Gasteiger partial charge in [0.15, 0.2) is 12.6 Å². The smallest absolute Gasteiger partial charge is 0.217 e. The lowest BCUT2D eigenvalue weighted by Gasteiger charge is -2.44. The van der Waals surface area contributed by atoms with E-state index >= 15 is 0 Å². The van der Waals surface area contributed by atoms with Crippen molar-refractivity contribution >= 4 is 5.91 Å². The minimum atomic E-state index is -1.95. The molecule has 2 saturated heterocycles. The average molecular weight is 548 g/mol. The molecule has 17 heteroatoms. The fraction of sp³-hybridized carbons (Fsp3) is 0.950. The molecule has 0 aromatic carbocycles. The molecule has 0 saturated carbocycles. The first kappa shape index (κ1) is 32.1. The van der Waals surface area contributed by atoms with Crippen molar-refractivity contribution < 1.29 is 79.9 Å². The van der Waals surface area contributed by atoms with E-state index in [1.807, 2.05) is 0 Å². The minimum absolute atomic E-state index is 0.645. The zero-order valence-electron chi connectivity index (χ0n) is 19.9. The fourth-order valence-electron chi connectivity index (χ4n) is 3.95. The summed E-state index contributed by atoms with van der Waals surface area (Å²) in [6.07, 6.45) is -22.5. The van der Waals surface area contributed by atoms with Gasteiger partial charge in [0, 0.05) is 6.92 Å². The van der Waals surface area contributed by atoms with Gasteiger partial charge in [0.05, 0.1) is 32.5 Å². The molecule has 0 aromatic heterocycles. The van der Waals surface area contributed by atoms with Crippen molar-refractivity contribution in [2.24, 2.45) is 0 Å². The maximum atomic E-state index is 11.4. The Labute approximate surface area is 211 Å². The lowest BCUT2D eigenvalue weighted by molar-refractivity contribution is -0.343. The van der Waals surface area contributed by atoms with Gasteiger partial charge in [-0.05, 0) is 0 Å². The molecule has 12 N–H and O–H groups in total. The van der Waals surface area contributed by atoms with Crippen molar-refractivity contribution in [1.82, 2.24) is 5.32 Å². The molecular weight excluding hydrogens is 510 g/mol. The van der Waals surface area contributed by atoms with Gasteiger partial charge in [-0.2, -0.15) is 0 Å². The SMILES string of the molecule is CC(=O)N[C@@H](CO)[C@@H](O)[C@H](O[C@@H]1O[C@H](CO[C@H]2O[C@H](CO)[C@@H](O)[C@H](O)[C@@H]2O)[C@@H](O)[C@H](O)[C@@H]1O)[C@H](O)CO. The summed E-state index contributed by atoms with van der Waals surface area (Å²) >= 11 is 0. The first-order valence-electron chi connectivity index (χ1n) is 11.5. The highest BCUT2D eigenvalue weighted by Crippen LogP contribution is 2.27. The van der Waals surface area contributed by atoms with Crippen molar-refractivity contribution in [2.45, 2.75) is 92.7 Å². The van der Waals surface area contributed by atoms with Crippen LogP contribution in [-0.2, 0) is 23.7 Å². The third kappa shape index (κ3) is 7.72. The lowest BCUT2D eigenvalue weighted by atomic mass is 9.97. The third-order valence-electron chi connectivity index (χ3n) is 6.13. The first-order valence-corrected chi connectivity index (χ1v) is 11.5. The van der Waals surface area contributed by atoms with E-state index in [1.54, 1.807) is 0 Å². The Morgan fingerprint density at radius 1 is 0.811 bits per heavy atom. The van der Waals surface area contributed by atoms with Gasteiger partial charge < -0.3 is 80.4 Å². The van der Waals surface area contributed by atoms with Crippen LogP contribution < -0.4 is 5.32 Å². The average Bonchev–Trinajstić information content (AvgIpc) is 2.88. The topological polar surface area (TPSA) is 289 Å². The predicted molar refractivity (Wildman–Crippen MR) is 115 cm³/mol. The highest BCUT2D eigenvalue weighted by atomic mass is 16.7. The summed E-state index contributed by atoms with van der Waals surface area (Å²) in [6.45, 7) is -2.05. The number of aliphatic hydroxyl groups excluding tert-OH is 11. The largest absolute Gasteiger partial charge is 0.394 e. The molecule has 2 aliphatic heterocycles. The van der Waals surface area contributed by atoms with Gasteiger partial charge in [-0.15, -0.1) is 0 Å². The van der Waals surface area contributed by atoms with E-state index in [-0.39, 0.29) is 0 Å². The summed E-state index contributed by atoms with van der Waals surface area (Å²) in [7, 11) is 0. The molecule has 37 heavy (non-hydrogen) atoms. The van der Waals surface area contributed by atoms with Crippen LogP contribution in [0.25, 0.3) is 0 Å². The fourth-order valence-corrected chi connectivity index (χ4v) is 3.95. The van der Waals surface area contributed by atoms with Crippen LogP contribution in [0.15, 0.2) is 0 Å². The lowest BCUT2D eigenvalue weighted by Crippen LogP contribution is -2.63. The van der Waals surface area contributed by atoms with Crippen LogP contribution in [0, 0.1) is 0 Å². The zero-order chi connectivity index (χ0) is 28.0. The summed E-state index contributed by atoms with van der Waals surface area (Å²) in [5, 5.41) is 112. The highest BCUT2D eigenvalue weighted by molar-refractivity contribution is 5.73. The Hall–Kier alpha value is -1.13. The first-order chi connectivity index (χ1) is 17.4. The van der Waals surface area contributed by atoms with Crippen LogP contribution in [0.1, 0.15) is 6.92 Å². The Morgan fingerprint density at radius 3 is 1.86 bits per heavy atom. The van der Waals surface area contributed by atoms with E-state index in [4.69, 9.17) is 18.9 Å². The molecule has 17 nitrogen and oxygen atoms in total. The van der Waals surface area contributed by atoms with Crippen LogP contribution >= 0.6 is 0 Å². The second kappa shape index (κ2) is 14.3. The maximum absolute atomic E-state index is 11.4. The van der Waals surface area contributed by atoms with E-state index < -0.39 is 118 Å². The second-order valence-electron chi connectivity index (χ2n) is 8.88. The number of nitrogens with one attached hydrogen (secondary N) is 1. The van der Waals surface area contributed by atoms with Crippen LogP contribution in [0.2, 0.25) is 0 Å². The van der Waals surface area contributed by atoms with Crippen LogP contribution in [-0.4, -0.2) is 174 Å². The van der Waals surface area contributed by atoms with Crippen molar-refractivity contribution in [3.05, 3.63) is 0 Å². The van der Waals surface area contributed by atoms with E-state index in [0.29, 0.717) is 0 Å². The highest BCUT2D eigenvalue weighted by Gasteiger charge is 2.49. The van der Waals surface area contributed by atoms with Gasteiger partial charge in [0.25, 0.3) is 0 Å². The molecule has 0 unspecified atom stereocenters. The van der Waals surface area contributed by atoms with E-state index in [1.165, 1.54) is 0 Å². The summed E-state index contributed by atoms with van der Waals surface area (Å²) in [4.78, 5) is 11.4. The van der Waals surface area contributed by atoms with Gasteiger partial charge in [0.2, 0.25) is 5.91 Å². The van der Waals surface area contributed by atoms with Crippen LogP contribution in [0.5, 0.6) is 0 Å². The Bertz CT molecular complexity index is 701. The molecule has 0 aliphatic carbocycles. The predicted octanol–water partition coefficient (Wildman–Crippen LogP) is -7.79. The molecule has 14 atom stereocenters. The van der Waals surface area contributed by atoms with E-state index in [0.717, 1.165) is 6.92 Å². The number of carbonyl (C=O) groups excluding carboxylic acids is 1. The molecule has 2 fully saturated rings. The Morgan fingerprint density at radius 2 is 1.35 bits per heavy atom. The molecular formula is C20H37NO16. The van der Waals surface area contributed by atoms with Crippen molar-refractivity contribution in [3.8, 4) is 0 Å². The maximum Gasteiger partial charge on any atom is 0.217 e. The molecule has 0 aromatic rings. The number of ether oxygens (including phenoxy) is 4. The summed E-state index contributed by atoms with van der Waals surface area (Å²) in [5.41, 5.74) is 0. The van der Waals surface area contributed by atoms with Gasteiger partial charge >= 0.3 is 0 Å². The molecule has 2 aliphatic rings. The second-order valence-corrected chi connectivity index (χ2v) is 8.88. The van der Waals surface area contributed by atoms with Crippen molar-refractivity contribution in [2.75, 3.05) is 26.4 Å². The summed E-state index contributed by atoms with van der Waals surface area (Å²) in [6, 6.07) is -1.37. The Balaban J connectivity index is 2.14. The number of aliphatic hydroxyl groups is 11. The number of hydrogen-bond donors (Lipinski definition) is 12. The zero-order valence-corrected chi connectivity index (χ0v) is 19.9. The minimum Gasteiger partial charge on any atom is -0.394 e. The third-order valence-corrected chi connectivity index (χ3v) is 6.13. The molecule has 2 heterocycles. The summed E-state index contributed by atoms with van der Waals surface area (Å²) in [5.74, 6) is -0.645. The molecule has 0 bridgehead atoms. The van der Waals surface area contributed by atoms with E-state index in [2.05, 4.69) is 5.32 Å². The van der Waals surface area contributed by atoms with Crippen LogP contribution in [0.4, 0.5) is 0 Å². The van der Waals surface area contributed by atoms with Gasteiger partial charge in [-0.3, -0.25) is 4.79 Å². The Kier molecular flexibility index (Phi) is 12.4. The quantitative estimate of drug-likeness (QED) is 0.108. The molecule has 2 rings (SSSR count). The number of carbonyl (C=O) groups is 1. The van der Waals surface area contributed by atoms with Crippen molar-refractivity contribution in [1.29, 1.82) is 0 Å². The van der Waals surface area contributed by atoms with E-state index in [9.17, 15) is 61.0 Å². The molecule has 0 radical (unpaired) electrons. The number of rotatable bonds is 12. The van der Waals surface area contributed by atoms with Crippen molar-refractivity contribution in [3.63, 3.8) is 0 Å². The molecule has 1 amide bonds. The van der Waals surface area contributed by atoms with Gasteiger partial charge in [0.1, 0.15) is 67.1 Å². The molecule has 0 spiro atoms. The monoisotopic (exact) mass is 547 g/mol. The number of hydrogen-bond acceptors (Lipinski definition) is 16. The van der Waals surface area contributed by atoms with Gasteiger partial charge in [-0.1, -0.05) is 0 Å². The van der Waals surface area contributed by atoms with Crippen LogP contribution in [0.3, 0.4) is 0 Å². The summed E-state index contributed by atoms with van der Waals surface area (Å²) < 4.78 is 21.3.